The molecule has 3 rings (SSSR count). The van der Waals surface area contributed by atoms with Crippen LogP contribution < -0.4 is 0 Å². The normalized spacial score (nSPS) is 35.8. The number of fused-ring (bicyclic) bond motifs is 1. The molecule has 2 fully saturated rings. The molecule has 1 aliphatic carbocycles. The summed E-state index contributed by atoms with van der Waals surface area (Å²) in [5.74, 6) is -0.352. The molecule has 0 amide bonds. The van der Waals surface area contributed by atoms with E-state index < -0.39 is 5.41 Å². The van der Waals surface area contributed by atoms with Crippen LogP contribution >= 0.6 is 0 Å². The average Bonchev–Trinajstić information content (AvgIpc) is 2.97. The van der Waals surface area contributed by atoms with Gasteiger partial charge in [0.25, 0.3) is 0 Å². The van der Waals surface area contributed by atoms with Gasteiger partial charge < -0.3 is 4.74 Å². The molecule has 3 atom stereocenters. The molecular formula is C13H13FO2. The molecule has 0 bridgehead atoms. The minimum absolute atomic E-state index is 0.0212. The van der Waals surface area contributed by atoms with Crippen LogP contribution in [0.5, 0.6) is 0 Å². The molecule has 1 aromatic rings. The van der Waals surface area contributed by atoms with Crippen LogP contribution in [0.1, 0.15) is 25.3 Å². The molecule has 1 heterocycles. The fourth-order valence-corrected chi connectivity index (χ4v) is 2.91. The number of halogens is 1. The van der Waals surface area contributed by atoms with Crippen molar-refractivity contribution in [2.24, 2.45) is 5.92 Å². The molecular weight excluding hydrogens is 207 g/mol. The van der Waals surface area contributed by atoms with Gasteiger partial charge in [0.2, 0.25) is 0 Å². The summed E-state index contributed by atoms with van der Waals surface area (Å²) in [4.78, 5) is 11.9. The van der Waals surface area contributed by atoms with Gasteiger partial charge in [-0.2, -0.15) is 0 Å². The van der Waals surface area contributed by atoms with Gasteiger partial charge in [-0.3, -0.25) is 4.79 Å². The first-order valence-corrected chi connectivity index (χ1v) is 5.66. The van der Waals surface area contributed by atoms with Crippen LogP contribution in [0.15, 0.2) is 24.3 Å². The van der Waals surface area contributed by atoms with Crippen molar-refractivity contribution >= 4 is 5.97 Å². The molecule has 2 unspecified atom stereocenters. The van der Waals surface area contributed by atoms with E-state index in [0.29, 0.717) is 5.56 Å². The molecule has 1 aliphatic heterocycles. The zero-order valence-corrected chi connectivity index (χ0v) is 9.07. The third kappa shape index (κ3) is 1.03. The van der Waals surface area contributed by atoms with Crippen LogP contribution in [0.3, 0.4) is 0 Å². The number of carbonyl (C=O) groups excluding carboxylic acids is 1. The van der Waals surface area contributed by atoms with Crippen molar-refractivity contribution < 1.29 is 13.9 Å². The van der Waals surface area contributed by atoms with Crippen LogP contribution in [-0.4, -0.2) is 12.1 Å². The van der Waals surface area contributed by atoms with Crippen molar-refractivity contribution in [3.63, 3.8) is 0 Å². The Morgan fingerprint density at radius 2 is 2.25 bits per heavy atom. The minimum atomic E-state index is -0.661. The summed E-state index contributed by atoms with van der Waals surface area (Å²) in [5, 5.41) is 0. The topological polar surface area (TPSA) is 26.3 Å². The first-order valence-electron chi connectivity index (χ1n) is 5.66. The van der Waals surface area contributed by atoms with Gasteiger partial charge >= 0.3 is 5.97 Å². The first kappa shape index (κ1) is 9.82. The number of cyclic esters (lactones) is 1. The number of ether oxygens (including phenoxy) is 1. The summed E-state index contributed by atoms with van der Waals surface area (Å²) in [6, 6.07) is 6.53. The number of esters is 1. The highest BCUT2D eigenvalue weighted by atomic mass is 19.1. The quantitative estimate of drug-likeness (QED) is 0.715. The van der Waals surface area contributed by atoms with Crippen molar-refractivity contribution in [2.75, 3.05) is 0 Å². The molecule has 2 nitrogen and oxygen atoms in total. The van der Waals surface area contributed by atoms with Gasteiger partial charge in [-0.1, -0.05) is 25.1 Å². The Morgan fingerprint density at radius 3 is 2.81 bits per heavy atom. The zero-order valence-electron chi connectivity index (χ0n) is 9.07. The summed E-state index contributed by atoms with van der Waals surface area (Å²) < 4.78 is 19.0. The molecule has 2 aliphatic rings. The standard InChI is InChI=1S/C13H13FO2/c1-2-11-9-7-13(9,12(15)16-11)8-5-3-4-6-10(8)14/h3-6,9,11H,2,7H2,1H3/t9?,11?,13-/m1/s1. The van der Waals surface area contributed by atoms with Crippen molar-refractivity contribution in [1.82, 2.24) is 0 Å². The number of hydrogen-bond donors (Lipinski definition) is 0. The molecule has 1 aromatic carbocycles. The average molecular weight is 220 g/mol. The third-order valence-corrected chi connectivity index (χ3v) is 3.84. The highest BCUT2D eigenvalue weighted by molar-refractivity contribution is 5.90. The summed E-state index contributed by atoms with van der Waals surface area (Å²) >= 11 is 0. The lowest BCUT2D eigenvalue weighted by atomic mass is 9.93. The van der Waals surface area contributed by atoms with Crippen molar-refractivity contribution in [3.05, 3.63) is 35.6 Å². The smallest absolute Gasteiger partial charge is 0.317 e. The lowest BCUT2D eigenvalue weighted by molar-refractivity contribution is -0.146. The second-order valence-corrected chi connectivity index (χ2v) is 4.61. The number of benzene rings is 1. The van der Waals surface area contributed by atoms with E-state index in [0.717, 1.165) is 12.8 Å². The molecule has 1 saturated carbocycles. The molecule has 0 spiro atoms. The van der Waals surface area contributed by atoms with Crippen molar-refractivity contribution in [3.8, 4) is 0 Å². The van der Waals surface area contributed by atoms with Crippen LogP contribution in [0.2, 0.25) is 0 Å². The second-order valence-electron chi connectivity index (χ2n) is 4.61. The zero-order chi connectivity index (χ0) is 11.3. The van der Waals surface area contributed by atoms with Gasteiger partial charge in [-0.05, 0) is 18.9 Å². The second kappa shape index (κ2) is 3.06. The fourth-order valence-electron chi connectivity index (χ4n) is 2.91. The molecule has 1 saturated heterocycles. The van der Waals surface area contributed by atoms with Gasteiger partial charge in [-0.25, -0.2) is 4.39 Å². The maximum atomic E-state index is 13.7. The Labute approximate surface area is 93.4 Å². The third-order valence-electron chi connectivity index (χ3n) is 3.84. The van der Waals surface area contributed by atoms with Gasteiger partial charge in [0, 0.05) is 11.5 Å². The molecule has 16 heavy (non-hydrogen) atoms. The number of hydrogen-bond acceptors (Lipinski definition) is 2. The van der Waals surface area contributed by atoms with E-state index in [1.54, 1.807) is 18.2 Å². The van der Waals surface area contributed by atoms with Gasteiger partial charge in [-0.15, -0.1) is 0 Å². The Hall–Kier alpha value is -1.38. The highest BCUT2D eigenvalue weighted by Gasteiger charge is 2.71. The van der Waals surface area contributed by atoms with Crippen molar-refractivity contribution in [2.45, 2.75) is 31.3 Å². The first-order chi connectivity index (χ1) is 7.70. The molecule has 3 heteroatoms. The van der Waals surface area contributed by atoms with Crippen LogP contribution in [0.25, 0.3) is 0 Å². The van der Waals surface area contributed by atoms with Crippen LogP contribution in [0, 0.1) is 11.7 Å². The summed E-state index contributed by atoms with van der Waals surface area (Å²) in [7, 11) is 0. The van der Waals surface area contributed by atoms with E-state index in [2.05, 4.69) is 0 Å². The van der Waals surface area contributed by atoms with E-state index in [1.807, 2.05) is 6.92 Å². The molecule has 0 N–H and O–H groups in total. The molecule has 84 valence electrons. The Bertz CT molecular complexity index is 457. The van der Waals surface area contributed by atoms with E-state index in [-0.39, 0.29) is 23.8 Å². The highest BCUT2D eigenvalue weighted by Crippen LogP contribution is 2.62. The number of carbonyl (C=O) groups is 1. The maximum Gasteiger partial charge on any atom is 0.317 e. The van der Waals surface area contributed by atoms with E-state index in [9.17, 15) is 9.18 Å². The van der Waals surface area contributed by atoms with Crippen LogP contribution in [-0.2, 0) is 14.9 Å². The largest absolute Gasteiger partial charge is 0.461 e. The van der Waals surface area contributed by atoms with Gasteiger partial charge in [0.15, 0.2) is 0 Å². The Balaban J connectivity index is 2.04. The minimum Gasteiger partial charge on any atom is -0.461 e. The van der Waals surface area contributed by atoms with E-state index in [4.69, 9.17) is 4.74 Å². The SMILES string of the molecule is CCC1OC(=O)[C@@]2(c3ccccc3F)CC12. The fraction of sp³-hybridized carbons (Fsp3) is 0.462. The Kier molecular flexibility index (Phi) is 1.88. The predicted molar refractivity (Wildman–Crippen MR) is 56.4 cm³/mol. The number of rotatable bonds is 2. The predicted octanol–water partition coefficient (Wildman–Crippen LogP) is 2.42. The summed E-state index contributed by atoms with van der Waals surface area (Å²) in [5.41, 5.74) is -0.146. The summed E-state index contributed by atoms with van der Waals surface area (Å²) in [6.45, 7) is 1.99. The lowest BCUT2D eigenvalue weighted by Crippen LogP contribution is -2.20. The van der Waals surface area contributed by atoms with Crippen molar-refractivity contribution in [1.29, 1.82) is 0 Å². The van der Waals surface area contributed by atoms with Crippen LogP contribution in [0.4, 0.5) is 4.39 Å². The molecule has 0 radical (unpaired) electrons. The van der Waals surface area contributed by atoms with E-state index in [1.165, 1.54) is 6.07 Å². The Morgan fingerprint density at radius 1 is 1.50 bits per heavy atom. The monoisotopic (exact) mass is 220 g/mol. The van der Waals surface area contributed by atoms with E-state index >= 15 is 0 Å². The molecule has 0 aromatic heterocycles. The summed E-state index contributed by atoms with van der Waals surface area (Å²) in [6.07, 6.45) is 1.53. The maximum absolute atomic E-state index is 13.7. The van der Waals surface area contributed by atoms with Gasteiger partial charge in [0.05, 0.1) is 0 Å². The van der Waals surface area contributed by atoms with Gasteiger partial charge in [0.1, 0.15) is 17.3 Å². The lowest BCUT2D eigenvalue weighted by Gasteiger charge is -2.10.